The van der Waals surface area contributed by atoms with Crippen LogP contribution in [-0.4, -0.2) is 24.0 Å². The monoisotopic (exact) mass is 303 g/mol. The average Bonchev–Trinajstić information content (AvgIpc) is 2.92. The quantitative estimate of drug-likeness (QED) is 0.854. The molecule has 0 saturated carbocycles. The van der Waals surface area contributed by atoms with Gasteiger partial charge in [0.2, 0.25) is 0 Å². The van der Waals surface area contributed by atoms with Gasteiger partial charge in [0.15, 0.2) is 0 Å². The molecule has 1 heterocycles. The third-order valence-electron chi connectivity index (χ3n) is 4.02. The van der Waals surface area contributed by atoms with Gasteiger partial charge in [-0.2, -0.15) is 5.10 Å². The molecule has 0 amide bonds. The maximum atomic E-state index is 5.43. The van der Waals surface area contributed by atoms with Crippen LogP contribution in [0.3, 0.4) is 0 Å². The van der Waals surface area contributed by atoms with Gasteiger partial charge < -0.3 is 14.8 Å². The Balaban J connectivity index is 2.14. The molecule has 0 spiro atoms. The molecule has 1 N–H and O–H groups in total. The number of aromatic nitrogens is 2. The Labute approximate surface area is 132 Å². The zero-order valence-corrected chi connectivity index (χ0v) is 14.0. The van der Waals surface area contributed by atoms with E-state index in [1.165, 1.54) is 11.3 Å². The Bertz CT molecular complexity index is 600. The number of rotatable bonds is 7. The number of nitrogens with one attached hydrogen (secondary N) is 1. The predicted molar refractivity (Wildman–Crippen MR) is 87.4 cm³/mol. The molecule has 0 aliphatic carbocycles. The summed E-state index contributed by atoms with van der Waals surface area (Å²) in [5.74, 6) is 1.67. The van der Waals surface area contributed by atoms with E-state index in [9.17, 15) is 0 Å². The first-order valence-corrected chi connectivity index (χ1v) is 7.57. The summed E-state index contributed by atoms with van der Waals surface area (Å²) in [6, 6.07) is 6.03. The van der Waals surface area contributed by atoms with Crippen molar-refractivity contribution in [2.75, 3.05) is 14.2 Å². The van der Waals surface area contributed by atoms with Crippen molar-refractivity contribution in [3.05, 3.63) is 41.2 Å². The van der Waals surface area contributed by atoms with Gasteiger partial charge in [0.1, 0.15) is 11.5 Å². The molecule has 0 radical (unpaired) electrons. The van der Waals surface area contributed by atoms with Crippen LogP contribution in [-0.2, 0) is 13.1 Å². The topological polar surface area (TPSA) is 48.3 Å². The maximum absolute atomic E-state index is 5.43. The average molecular weight is 303 g/mol. The number of methoxy groups -OCH3 is 2. The first-order chi connectivity index (χ1) is 10.6. The molecule has 1 unspecified atom stereocenters. The number of hydrogen-bond acceptors (Lipinski definition) is 4. The normalized spacial score (nSPS) is 12.2. The van der Waals surface area contributed by atoms with Crippen molar-refractivity contribution in [3.8, 4) is 11.5 Å². The Kier molecular flexibility index (Phi) is 5.44. The predicted octanol–water partition coefficient (Wildman–Crippen LogP) is 3.08. The van der Waals surface area contributed by atoms with E-state index in [4.69, 9.17) is 9.47 Å². The fraction of sp³-hybridized carbons (Fsp3) is 0.471. The largest absolute Gasteiger partial charge is 0.496 e. The molecule has 5 heteroatoms. The van der Waals surface area contributed by atoms with Crippen LogP contribution in [0.4, 0.5) is 0 Å². The van der Waals surface area contributed by atoms with E-state index < -0.39 is 0 Å². The van der Waals surface area contributed by atoms with E-state index in [-0.39, 0.29) is 6.04 Å². The van der Waals surface area contributed by atoms with Gasteiger partial charge in [0, 0.05) is 36.0 Å². The number of hydrogen-bond donors (Lipinski definition) is 1. The van der Waals surface area contributed by atoms with Gasteiger partial charge in [-0.05, 0) is 32.9 Å². The van der Waals surface area contributed by atoms with Crippen LogP contribution in [0.1, 0.15) is 36.7 Å². The lowest BCUT2D eigenvalue weighted by Crippen LogP contribution is -2.19. The number of ether oxygens (including phenoxy) is 2. The van der Waals surface area contributed by atoms with E-state index >= 15 is 0 Å². The van der Waals surface area contributed by atoms with Gasteiger partial charge in [-0.15, -0.1) is 0 Å². The molecule has 0 fully saturated rings. The van der Waals surface area contributed by atoms with Crippen molar-refractivity contribution < 1.29 is 9.47 Å². The van der Waals surface area contributed by atoms with Crippen LogP contribution in [0.2, 0.25) is 0 Å². The highest BCUT2D eigenvalue weighted by Gasteiger charge is 2.15. The Morgan fingerprint density at radius 3 is 2.36 bits per heavy atom. The molecule has 0 bridgehead atoms. The van der Waals surface area contributed by atoms with Crippen LogP contribution < -0.4 is 14.8 Å². The summed E-state index contributed by atoms with van der Waals surface area (Å²) in [4.78, 5) is 0. The summed E-state index contributed by atoms with van der Waals surface area (Å²) in [6.45, 7) is 7.91. The van der Waals surface area contributed by atoms with Crippen LogP contribution >= 0.6 is 0 Å². The zero-order valence-electron chi connectivity index (χ0n) is 14.0. The fourth-order valence-electron chi connectivity index (χ4n) is 2.67. The minimum Gasteiger partial charge on any atom is -0.496 e. The van der Waals surface area contributed by atoms with E-state index in [0.29, 0.717) is 6.54 Å². The van der Waals surface area contributed by atoms with Crippen molar-refractivity contribution in [1.82, 2.24) is 15.1 Å². The SMILES string of the molecule is CCn1ncc(C(C)NCc2c(OC)cccc2OC)c1C. The van der Waals surface area contributed by atoms with Gasteiger partial charge >= 0.3 is 0 Å². The first kappa shape index (κ1) is 16.4. The van der Waals surface area contributed by atoms with Crippen molar-refractivity contribution in [1.29, 1.82) is 0 Å². The van der Waals surface area contributed by atoms with Crippen LogP contribution in [0.5, 0.6) is 11.5 Å². The molecule has 2 aromatic rings. The van der Waals surface area contributed by atoms with Gasteiger partial charge in [-0.25, -0.2) is 0 Å². The standard InChI is InChI=1S/C17H25N3O2/c1-6-20-13(3)14(11-19-20)12(2)18-10-15-16(21-4)8-7-9-17(15)22-5/h7-9,11-12,18H,6,10H2,1-5H3. The van der Waals surface area contributed by atoms with Crippen LogP contribution in [0.25, 0.3) is 0 Å². The molecule has 1 aromatic carbocycles. The van der Waals surface area contributed by atoms with Gasteiger partial charge in [0.05, 0.1) is 20.4 Å². The number of benzene rings is 1. The third-order valence-corrected chi connectivity index (χ3v) is 4.02. The Morgan fingerprint density at radius 1 is 1.23 bits per heavy atom. The lowest BCUT2D eigenvalue weighted by molar-refractivity contribution is 0.380. The van der Waals surface area contributed by atoms with Crippen LogP contribution in [0, 0.1) is 6.92 Å². The summed E-state index contributed by atoms with van der Waals surface area (Å²) in [7, 11) is 3.36. The minimum absolute atomic E-state index is 0.204. The molecular formula is C17H25N3O2. The van der Waals surface area contributed by atoms with Gasteiger partial charge in [0.25, 0.3) is 0 Å². The summed E-state index contributed by atoms with van der Waals surface area (Å²) in [5.41, 5.74) is 3.45. The molecule has 2 rings (SSSR count). The van der Waals surface area contributed by atoms with E-state index in [2.05, 4.69) is 31.2 Å². The lowest BCUT2D eigenvalue weighted by Gasteiger charge is -2.17. The second kappa shape index (κ2) is 7.31. The van der Waals surface area contributed by atoms with Crippen molar-refractivity contribution in [3.63, 3.8) is 0 Å². The fourth-order valence-corrected chi connectivity index (χ4v) is 2.67. The van der Waals surface area contributed by atoms with Crippen molar-refractivity contribution >= 4 is 0 Å². The highest BCUT2D eigenvalue weighted by atomic mass is 16.5. The molecule has 1 aromatic heterocycles. The lowest BCUT2D eigenvalue weighted by atomic mass is 10.1. The Hall–Kier alpha value is -2.01. The molecule has 5 nitrogen and oxygen atoms in total. The minimum atomic E-state index is 0.204. The molecule has 0 aliphatic heterocycles. The van der Waals surface area contributed by atoms with E-state index in [1.54, 1.807) is 14.2 Å². The van der Waals surface area contributed by atoms with Crippen LogP contribution in [0.15, 0.2) is 24.4 Å². The number of nitrogens with zero attached hydrogens (tertiary/aromatic N) is 2. The van der Waals surface area contributed by atoms with E-state index in [0.717, 1.165) is 23.6 Å². The molecule has 120 valence electrons. The molecule has 22 heavy (non-hydrogen) atoms. The summed E-state index contributed by atoms with van der Waals surface area (Å²) < 4.78 is 12.9. The second-order valence-corrected chi connectivity index (χ2v) is 5.24. The second-order valence-electron chi connectivity index (χ2n) is 5.24. The first-order valence-electron chi connectivity index (χ1n) is 7.57. The maximum Gasteiger partial charge on any atom is 0.127 e. The van der Waals surface area contributed by atoms with Crippen molar-refractivity contribution in [2.45, 2.75) is 39.9 Å². The smallest absolute Gasteiger partial charge is 0.127 e. The molecule has 0 saturated heterocycles. The molecular weight excluding hydrogens is 278 g/mol. The van der Waals surface area contributed by atoms with Gasteiger partial charge in [-0.3, -0.25) is 4.68 Å². The number of aryl methyl sites for hydroxylation is 1. The van der Waals surface area contributed by atoms with Gasteiger partial charge in [-0.1, -0.05) is 6.07 Å². The van der Waals surface area contributed by atoms with Crippen molar-refractivity contribution in [2.24, 2.45) is 0 Å². The summed E-state index contributed by atoms with van der Waals surface area (Å²) in [6.07, 6.45) is 1.94. The highest BCUT2D eigenvalue weighted by molar-refractivity contribution is 5.44. The summed E-state index contributed by atoms with van der Waals surface area (Å²) >= 11 is 0. The zero-order chi connectivity index (χ0) is 16.1. The Morgan fingerprint density at radius 2 is 1.86 bits per heavy atom. The van der Waals surface area contributed by atoms with E-state index in [1.807, 2.05) is 29.1 Å². The molecule has 1 atom stereocenters. The molecule has 0 aliphatic rings. The third kappa shape index (κ3) is 3.25. The highest BCUT2D eigenvalue weighted by Crippen LogP contribution is 2.29. The summed E-state index contributed by atoms with van der Waals surface area (Å²) in [5, 5.41) is 7.93.